The molecule has 4 aromatic heterocycles. The summed E-state index contributed by atoms with van der Waals surface area (Å²) in [6.07, 6.45) is 7.17. The van der Waals surface area contributed by atoms with Crippen molar-refractivity contribution in [2.24, 2.45) is 7.05 Å². The highest BCUT2D eigenvalue weighted by Gasteiger charge is 2.19. The molecule has 0 aliphatic heterocycles. The Labute approximate surface area is 193 Å². The number of hydrogen-bond acceptors (Lipinski definition) is 7. The second-order valence-electron chi connectivity index (χ2n) is 7.17. The first-order valence-corrected chi connectivity index (χ1v) is 11.2. The van der Waals surface area contributed by atoms with E-state index in [1.165, 1.54) is 11.8 Å². The highest BCUT2D eigenvalue weighted by Crippen LogP contribution is 2.36. The fraction of sp³-hybridized carbons (Fsp3) is 0.0870. The van der Waals surface area contributed by atoms with E-state index in [1.807, 2.05) is 61.9 Å². The number of hydrogen-bond donors (Lipinski definition) is 1. The van der Waals surface area contributed by atoms with Crippen LogP contribution in [0.5, 0.6) is 0 Å². The maximum atomic E-state index is 6.56. The number of aryl methyl sites for hydroxylation is 1. The van der Waals surface area contributed by atoms with Crippen molar-refractivity contribution in [1.82, 2.24) is 29.7 Å². The minimum atomic E-state index is 0.358. The molecule has 0 saturated heterocycles. The number of pyridine rings is 2. The van der Waals surface area contributed by atoms with Gasteiger partial charge in [0.25, 0.3) is 0 Å². The van der Waals surface area contributed by atoms with Crippen molar-refractivity contribution in [2.45, 2.75) is 10.8 Å². The molecule has 0 aliphatic carbocycles. The average Bonchev–Trinajstić information content (AvgIpc) is 3.25. The third kappa shape index (κ3) is 4.02. The molecule has 0 spiro atoms. The largest absolute Gasteiger partial charge is 0.381 e. The molecule has 0 bridgehead atoms. The van der Waals surface area contributed by atoms with Gasteiger partial charge < -0.3 is 5.73 Å². The molecular weight excluding hydrogens is 442 g/mol. The second kappa shape index (κ2) is 8.57. The van der Waals surface area contributed by atoms with Crippen LogP contribution in [0.15, 0.2) is 72.3 Å². The number of rotatable bonds is 5. The van der Waals surface area contributed by atoms with Gasteiger partial charge in [0.2, 0.25) is 0 Å². The topological polar surface area (TPSA) is 95.4 Å². The molecule has 2 N–H and O–H groups in total. The van der Waals surface area contributed by atoms with Crippen molar-refractivity contribution in [1.29, 1.82) is 0 Å². The van der Waals surface area contributed by atoms with E-state index in [0.717, 1.165) is 22.0 Å². The van der Waals surface area contributed by atoms with Crippen molar-refractivity contribution in [2.75, 3.05) is 5.73 Å². The molecule has 5 rings (SSSR count). The van der Waals surface area contributed by atoms with E-state index in [-0.39, 0.29) is 0 Å². The summed E-state index contributed by atoms with van der Waals surface area (Å²) in [6, 6.07) is 13.5. The predicted octanol–water partition coefficient (Wildman–Crippen LogP) is 5.02. The summed E-state index contributed by atoms with van der Waals surface area (Å²) in [6.45, 7) is 0. The lowest BCUT2D eigenvalue weighted by Crippen LogP contribution is -2.03. The molecule has 0 unspecified atom stereocenters. The number of thioether (sulfide) groups is 1. The van der Waals surface area contributed by atoms with Gasteiger partial charge in [0.15, 0.2) is 5.82 Å². The first-order valence-electron chi connectivity index (χ1n) is 9.82. The maximum Gasteiger partial charge on any atom is 0.156 e. The smallest absolute Gasteiger partial charge is 0.156 e. The molecule has 0 amide bonds. The van der Waals surface area contributed by atoms with Crippen molar-refractivity contribution in [3.8, 4) is 22.6 Å². The Morgan fingerprint density at radius 1 is 1.06 bits per heavy atom. The first-order chi connectivity index (χ1) is 15.6. The molecule has 0 radical (unpaired) electrons. The molecule has 0 aliphatic rings. The number of halogens is 1. The van der Waals surface area contributed by atoms with Crippen molar-refractivity contribution < 1.29 is 0 Å². The standard InChI is InChI=1S/C23H18ClN7S/c1-31-9-6-18(30-31)21-20(16-10-15-5-3-8-27-19(15)17(24)11-16)29-23(22(25)28-21)32-13-14-4-2-7-26-12-14/h2-12H,13H2,1H3,(H2,25,28). The summed E-state index contributed by atoms with van der Waals surface area (Å²) in [4.78, 5) is 18.2. The molecule has 9 heteroatoms. The lowest BCUT2D eigenvalue weighted by atomic mass is 10.0. The maximum absolute atomic E-state index is 6.56. The summed E-state index contributed by atoms with van der Waals surface area (Å²) in [5.74, 6) is 1.04. The Hall–Kier alpha value is -3.49. The van der Waals surface area contributed by atoms with E-state index in [1.54, 1.807) is 17.1 Å². The van der Waals surface area contributed by atoms with Gasteiger partial charge >= 0.3 is 0 Å². The van der Waals surface area contributed by atoms with Crippen LogP contribution in [0.25, 0.3) is 33.5 Å². The number of nitrogens with two attached hydrogens (primary N) is 1. The van der Waals surface area contributed by atoms with E-state index in [0.29, 0.717) is 38.7 Å². The Bertz CT molecular complexity index is 1420. The van der Waals surface area contributed by atoms with E-state index in [2.05, 4.69) is 15.1 Å². The summed E-state index contributed by atoms with van der Waals surface area (Å²) < 4.78 is 1.72. The summed E-state index contributed by atoms with van der Waals surface area (Å²) in [7, 11) is 1.86. The summed E-state index contributed by atoms with van der Waals surface area (Å²) in [5.41, 5.74) is 10.9. The van der Waals surface area contributed by atoms with Crippen LogP contribution >= 0.6 is 23.4 Å². The zero-order valence-corrected chi connectivity index (χ0v) is 18.7. The van der Waals surface area contributed by atoms with Gasteiger partial charge in [-0.3, -0.25) is 14.6 Å². The van der Waals surface area contributed by atoms with E-state index in [4.69, 9.17) is 27.3 Å². The van der Waals surface area contributed by atoms with Gasteiger partial charge in [-0.05, 0) is 35.9 Å². The number of nitrogens with zero attached hydrogens (tertiary/aromatic N) is 6. The molecule has 32 heavy (non-hydrogen) atoms. The van der Waals surface area contributed by atoms with E-state index < -0.39 is 0 Å². The molecule has 0 fully saturated rings. The fourth-order valence-corrected chi connectivity index (χ4v) is 4.48. The lowest BCUT2D eigenvalue weighted by Gasteiger charge is -2.12. The zero-order valence-electron chi connectivity index (χ0n) is 17.1. The summed E-state index contributed by atoms with van der Waals surface area (Å²) in [5, 5.41) is 6.63. The zero-order chi connectivity index (χ0) is 22.1. The first kappa shape index (κ1) is 20.4. The van der Waals surface area contributed by atoms with Crippen LogP contribution in [-0.4, -0.2) is 29.7 Å². The van der Waals surface area contributed by atoms with Gasteiger partial charge in [-0.15, -0.1) is 0 Å². The molecular formula is C23H18ClN7S. The molecule has 0 saturated carbocycles. The number of nitrogen functional groups attached to an aromatic ring is 1. The number of aromatic nitrogens is 6. The van der Waals surface area contributed by atoms with E-state index >= 15 is 0 Å². The van der Waals surface area contributed by atoms with Crippen molar-refractivity contribution in [3.63, 3.8) is 0 Å². The quantitative estimate of drug-likeness (QED) is 0.369. The van der Waals surface area contributed by atoms with Crippen LogP contribution < -0.4 is 5.73 Å². The van der Waals surface area contributed by atoms with Gasteiger partial charge in [-0.2, -0.15) is 5.10 Å². The Kier molecular flexibility index (Phi) is 5.46. The van der Waals surface area contributed by atoms with Crippen LogP contribution in [-0.2, 0) is 12.8 Å². The average molecular weight is 460 g/mol. The Morgan fingerprint density at radius 2 is 1.94 bits per heavy atom. The normalized spacial score (nSPS) is 11.2. The van der Waals surface area contributed by atoms with Crippen LogP contribution in [0.3, 0.4) is 0 Å². The summed E-state index contributed by atoms with van der Waals surface area (Å²) >= 11 is 8.08. The molecule has 1 aromatic carbocycles. The highest BCUT2D eigenvalue weighted by molar-refractivity contribution is 7.98. The van der Waals surface area contributed by atoms with E-state index in [9.17, 15) is 0 Å². The molecule has 7 nitrogen and oxygen atoms in total. The third-order valence-electron chi connectivity index (χ3n) is 4.88. The molecule has 158 valence electrons. The monoisotopic (exact) mass is 459 g/mol. The lowest BCUT2D eigenvalue weighted by molar-refractivity contribution is 0.769. The van der Waals surface area contributed by atoms with Crippen molar-refractivity contribution >= 4 is 40.1 Å². The third-order valence-corrected chi connectivity index (χ3v) is 6.22. The van der Waals surface area contributed by atoms with Gasteiger partial charge in [0.1, 0.15) is 16.4 Å². The Balaban J connectivity index is 1.64. The highest BCUT2D eigenvalue weighted by atomic mass is 35.5. The van der Waals surface area contributed by atoms with Gasteiger partial charge in [-0.25, -0.2) is 9.97 Å². The minimum Gasteiger partial charge on any atom is -0.381 e. The minimum absolute atomic E-state index is 0.358. The van der Waals surface area contributed by atoms with Gasteiger partial charge in [-0.1, -0.05) is 35.5 Å². The number of fused-ring (bicyclic) bond motifs is 1. The van der Waals surface area contributed by atoms with Crippen LogP contribution in [0.2, 0.25) is 5.02 Å². The number of anilines is 1. The molecule has 5 aromatic rings. The number of benzene rings is 1. The second-order valence-corrected chi connectivity index (χ2v) is 8.54. The SMILES string of the molecule is Cn1ccc(-c2nc(N)c(SCc3cccnc3)nc2-c2cc(Cl)c3ncccc3c2)n1. The Morgan fingerprint density at radius 3 is 2.72 bits per heavy atom. The molecule has 0 atom stereocenters. The van der Waals surface area contributed by atoms with Crippen LogP contribution in [0, 0.1) is 0 Å². The van der Waals surface area contributed by atoms with Gasteiger partial charge in [0, 0.05) is 48.5 Å². The molecule has 4 heterocycles. The fourth-order valence-electron chi connectivity index (χ4n) is 3.38. The van der Waals surface area contributed by atoms with Gasteiger partial charge in [0.05, 0.1) is 16.2 Å². The van der Waals surface area contributed by atoms with Crippen LogP contribution in [0.4, 0.5) is 5.82 Å². The van der Waals surface area contributed by atoms with Crippen molar-refractivity contribution in [3.05, 3.63) is 77.8 Å². The predicted molar refractivity (Wildman–Crippen MR) is 128 cm³/mol. The van der Waals surface area contributed by atoms with Crippen LogP contribution in [0.1, 0.15) is 5.56 Å².